The summed E-state index contributed by atoms with van der Waals surface area (Å²) in [6, 6.07) is 20.7. The van der Waals surface area contributed by atoms with Crippen LogP contribution < -0.4 is 5.32 Å². The largest absolute Gasteiger partial charge is 0.301 e. The number of aromatic nitrogens is 1. The van der Waals surface area contributed by atoms with Gasteiger partial charge in [-0.3, -0.25) is 4.79 Å². The molecule has 1 N–H and O–H groups in total. The van der Waals surface area contributed by atoms with Crippen molar-refractivity contribution in [2.45, 2.75) is 5.75 Å². The Kier molecular flexibility index (Phi) is 4.63. The van der Waals surface area contributed by atoms with Gasteiger partial charge in [-0.25, -0.2) is 13.4 Å². The third kappa shape index (κ3) is 3.99. The second-order valence-electron chi connectivity index (χ2n) is 6.22. The Morgan fingerprint density at radius 2 is 1.70 bits per heavy atom. The molecule has 0 unspecified atom stereocenters. The van der Waals surface area contributed by atoms with E-state index in [1.807, 2.05) is 42.5 Å². The van der Waals surface area contributed by atoms with Crippen molar-refractivity contribution in [2.75, 3.05) is 11.1 Å². The molecule has 0 saturated heterocycles. The van der Waals surface area contributed by atoms with Gasteiger partial charge in [0.2, 0.25) is 5.91 Å². The third-order valence-corrected chi connectivity index (χ3v) is 6.52. The van der Waals surface area contributed by atoms with E-state index in [2.05, 4.69) is 10.3 Å². The molecular weight excluding hydrogens is 380 g/mol. The number of fused-ring (bicyclic) bond motifs is 3. The van der Waals surface area contributed by atoms with E-state index < -0.39 is 21.5 Å². The van der Waals surface area contributed by atoms with Crippen LogP contribution in [0.2, 0.25) is 0 Å². The van der Waals surface area contributed by atoms with Crippen molar-refractivity contribution in [2.24, 2.45) is 0 Å². The topological polar surface area (TPSA) is 76.1 Å². The first-order chi connectivity index (χ1) is 13.0. The summed E-state index contributed by atoms with van der Waals surface area (Å²) in [7, 11) is -3.55. The number of thiazole rings is 1. The standard InChI is InChI=1S/C20H16N2O3S2/c23-18(13-27(24,25)12-14-6-2-1-3-7-14)21-20-22-19-16-9-5-4-8-15(16)10-11-17(19)26-20/h1-11H,12-13H2,(H,21,22,23). The first-order valence-electron chi connectivity index (χ1n) is 8.33. The Bertz CT molecular complexity index is 1230. The summed E-state index contributed by atoms with van der Waals surface area (Å²) in [5.74, 6) is -1.31. The number of hydrogen-bond donors (Lipinski definition) is 1. The van der Waals surface area contributed by atoms with Crippen molar-refractivity contribution >= 4 is 53.2 Å². The van der Waals surface area contributed by atoms with E-state index in [1.165, 1.54) is 11.3 Å². The van der Waals surface area contributed by atoms with Crippen LogP contribution in [0.15, 0.2) is 66.7 Å². The van der Waals surface area contributed by atoms with Gasteiger partial charge in [-0.15, -0.1) is 0 Å². The number of carbonyl (C=O) groups is 1. The summed E-state index contributed by atoms with van der Waals surface area (Å²) >= 11 is 1.33. The number of nitrogens with one attached hydrogen (secondary N) is 1. The monoisotopic (exact) mass is 396 g/mol. The van der Waals surface area contributed by atoms with E-state index in [0.717, 1.165) is 21.0 Å². The lowest BCUT2D eigenvalue weighted by molar-refractivity contribution is -0.113. The van der Waals surface area contributed by atoms with Crippen LogP contribution in [0, 0.1) is 0 Å². The molecule has 0 bridgehead atoms. The summed E-state index contributed by atoms with van der Waals surface area (Å²) in [4.78, 5) is 16.7. The average Bonchev–Trinajstić information content (AvgIpc) is 3.04. The Morgan fingerprint density at radius 1 is 0.963 bits per heavy atom. The van der Waals surface area contributed by atoms with Gasteiger partial charge >= 0.3 is 0 Å². The van der Waals surface area contributed by atoms with Crippen LogP contribution in [0.3, 0.4) is 0 Å². The molecule has 0 spiro atoms. The van der Waals surface area contributed by atoms with Crippen molar-refractivity contribution in [1.29, 1.82) is 0 Å². The molecule has 0 fully saturated rings. The highest BCUT2D eigenvalue weighted by Crippen LogP contribution is 2.31. The minimum absolute atomic E-state index is 0.161. The molecule has 4 aromatic rings. The SMILES string of the molecule is O=C(CS(=O)(=O)Cc1ccccc1)Nc1nc2c(ccc3ccccc32)s1. The zero-order chi connectivity index (χ0) is 18.9. The van der Waals surface area contributed by atoms with Crippen LogP contribution in [0.25, 0.3) is 21.0 Å². The number of rotatable bonds is 5. The molecule has 27 heavy (non-hydrogen) atoms. The van der Waals surface area contributed by atoms with Crippen molar-refractivity contribution in [3.05, 3.63) is 72.3 Å². The van der Waals surface area contributed by atoms with Crippen LogP contribution in [0.5, 0.6) is 0 Å². The minimum atomic E-state index is -3.55. The molecule has 1 heterocycles. The Labute approximate surface area is 160 Å². The summed E-state index contributed by atoms with van der Waals surface area (Å²) in [6.45, 7) is 0. The fourth-order valence-electron chi connectivity index (χ4n) is 2.95. The van der Waals surface area contributed by atoms with Crippen LogP contribution in [0.1, 0.15) is 5.56 Å². The highest BCUT2D eigenvalue weighted by atomic mass is 32.2. The van der Waals surface area contributed by atoms with Gasteiger partial charge < -0.3 is 5.32 Å². The van der Waals surface area contributed by atoms with Crippen LogP contribution in [-0.2, 0) is 20.4 Å². The number of amides is 1. The average molecular weight is 396 g/mol. The molecule has 4 rings (SSSR count). The van der Waals surface area contributed by atoms with Gasteiger partial charge in [0.05, 0.1) is 16.0 Å². The second kappa shape index (κ2) is 7.09. The highest BCUT2D eigenvalue weighted by molar-refractivity contribution is 7.91. The summed E-state index contributed by atoms with van der Waals surface area (Å²) < 4.78 is 25.5. The van der Waals surface area contributed by atoms with Crippen molar-refractivity contribution in [1.82, 2.24) is 4.98 Å². The molecule has 0 aliphatic heterocycles. The molecule has 0 aliphatic rings. The van der Waals surface area contributed by atoms with E-state index in [-0.39, 0.29) is 5.75 Å². The highest BCUT2D eigenvalue weighted by Gasteiger charge is 2.19. The molecule has 136 valence electrons. The van der Waals surface area contributed by atoms with Crippen molar-refractivity contribution < 1.29 is 13.2 Å². The predicted octanol–water partition coefficient (Wildman–Crippen LogP) is 4.00. The first kappa shape index (κ1) is 17.6. The zero-order valence-electron chi connectivity index (χ0n) is 14.3. The normalized spacial score (nSPS) is 11.7. The van der Waals surface area contributed by atoms with Crippen molar-refractivity contribution in [3.63, 3.8) is 0 Å². The number of sulfone groups is 1. The van der Waals surface area contributed by atoms with Gasteiger partial charge in [0, 0.05) is 5.39 Å². The van der Waals surface area contributed by atoms with E-state index in [0.29, 0.717) is 10.7 Å². The number of carbonyl (C=O) groups excluding carboxylic acids is 1. The fourth-order valence-corrected chi connectivity index (χ4v) is 5.12. The Hall–Kier alpha value is -2.77. The smallest absolute Gasteiger partial charge is 0.241 e. The quantitative estimate of drug-likeness (QED) is 0.553. The Balaban J connectivity index is 1.52. The third-order valence-electron chi connectivity index (χ3n) is 4.11. The Morgan fingerprint density at radius 3 is 2.52 bits per heavy atom. The predicted molar refractivity (Wildman–Crippen MR) is 110 cm³/mol. The van der Waals surface area contributed by atoms with Gasteiger partial charge in [-0.1, -0.05) is 72.0 Å². The zero-order valence-corrected chi connectivity index (χ0v) is 15.9. The number of nitrogens with zero attached hydrogens (tertiary/aromatic N) is 1. The number of benzene rings is 3. The summed E-state index contributed by atoms with van der Waals surface area (Å²) in [5.41, 5.74) is 1.47. The van der Waals surface area contributed by atoms with Gasteiger partial charge in [0.25, 0.3) is 0 Å². The van der Waals surface area contributed by atoms with Gasteiger partial charge in [0.15, 0.2) is 15.0 Å². The number of anilines is 1. The van der Waals surface area contributed by atoms with E-state index in [1.54, 1.807) is 24.3 Å². The molecule has 0 atom stereocenters. The van der Waals surface area contributed by atoms with E-state index in [4.69, 9.17) is 0 Å². The lowest BCUT2D eigenvalue weighted by Crippen LogP contribution is -2.23. The molecule has 0 saturated carbocycles. The maximum atomic E-state index is 12.3. The molecule has 5 nitrogen and oxygen atoms in total. The maximum Gasteiger partial charge on any atom is 0.241 e. The van der Waals surface area contributed by atoms with Crippen LogP contribution >= 0.6 is 11.3 Å². The first-order valence-corrected chi connectivity index (χ1v) is 11.0. The maximum absolute atomic E-state index is 12.3. The summed E-state index contributed by atoms with van der Waals surface area (Å²) in [5, 5.41) is 5.10. The fraction of sp³-hybridized carbons (Fsp3) is 0.100. The molecule has 0 radical (unpaired) electrons. The van der Waals surface area contributed by atoms with E-state index in [9.17, 15) is 13.2 Å². The van der Waals surface area contributed by atoms with Crippen LogP contribution in [0.4, 0.5) is 5.13 Å². The molecular formula is C20H16N2O3S2. The molecule has 7 heteroatoms. The van der Waals surface area contributed by atoms with E-state index >= 15 is 0 Å². The van der Waals surface area contributed by atoms with Gasteiger partial charge in [0.1, 0.15) is 5.75 Å². The van der Waals surface area contributed by atoms with Gasteiger partial charge in [-0.2, -0.15) is 0 Å². The van der Waals surface area contributed by atoms with Crippen molar-refractivity contribution in [3.8, 4) is 0 Å². The molecule has 0 aliphatic carbocycles. The molecule has 1 aromatic heterocycles. The summed E-state index contributed by atoms with van der Waals surface area (Å²) in [6.07, 6.45) is 0. The lowest BCUT2D eigenvalue weighted by Gasteiger charge is -2.04. The van der Waals surface area contributed by atoms with Crippen LogP contribution in [-0.4, -0.2) is 25.1 Å². The molecule has 1 amide bonds. The lowest BCUT2D eigenvalue weighted by atomic mass is 10.1. The number of hydrogen-bond acceptors (Lipinski definition) is 5. The second-order valence-corrected chi connectivity index (χ2v) is 9.31. The van der Waals surface area contributed by atoms with Gasteiger partial charge in [-0.05, 0) is 17.0 Å². The molecule has 3 aromatic carbocycles. The minimum Gasteiger partial charge on any atom is -0.301 e.